The lowest BCUT2D eigenvalue weighted by atomic mass is 10.0. The van der Waals surface area contributed by atoms with Crippen LogP contribution in [0.5, 0.6) is 5.88 Å². The number of nitrogens with zero attached hydrogens (tertiary/aromatic N) is 4. The maximum Gasteiger partial charge on any atom is 0.420 e. The van der Waals surface area contributed by atoms with Crippen molar-refractivity contribution in [2.75, 3.05) is 18.1 Å². The number of hydrogen-bond acceptors (Lipinski definition) is 8. The molecule has 0 spiro atoms. The average molecular weight is 638 g/mol. The summed E-state index contributed by atoms with van der Waals surface area (Å²) in [6.07, 6.45) is -1.69. The molecule has 1 aliphatic carbocycles. The maximum absolute atomic E-state index is 14.1. The highest BCUT2D eigenvalue weighted by Crippen LogP contribution is 2.40. The molecule has 2 aromatic rings. The lowest BCUT2D eigenvalue weighted by Crippen LogP contribution is -2.37. The molecule has 0 aliphatic heterocycles. The Morgan fingerprint density at radius 2 is 1.69 bits per heavy atom. The number of nitrogens with one attached hydrogen (secondary N) is 1. The van der Waals surface area contributed by atoms with E-state index in [1.54, 1.807) is 52.3 Å². The molecule has 2 N–H and O–H groups in total. The van der Waals surface area contributed by atoms with Crippen molar-refractivity contribution in [2.45, 2.75) is 130 Å². The zero-order valence-electron chi connectivity index (χ0n) is 27.9. The maximum atomic E-state index is 14.1. The van der Waals surface area contributed by atoms with Crippen LogP contribution < -0.4 is 15.0 Å². The minimum absolute atomic E-state index is 0.0133. The second-order valence-electron chi connectivity index (χ2n) is 14.4. The van der Waals surface area contributed by atoms with Crippen molar-refractivity contribution >= 4 is 23.7 Å². The van der Waals surface area contributed by atoms with Gasteiger partial charge in [0.15, 0.2) is 0 Å². The van der Waals surface area contributed by atoms with Crippen molar-refractivity contribution < 1.29 is 37.7 Å². The second kappa shape index (κ2) is 14.3. The molecule has 11 nitrogen and oxygen atoms in total. The van der Waals surface area contributed by atoms with Crippen LogP contribution in [0.4, 0.5) is 29.9 Å². The van der Waals surface area contributed by atoms with E-state index in [1.807, 2.05) is 20.8 Å². The lowest BCUT2D eigenvalue weighted by molar-refractivity contribution is 0.0524. The highest BCUT2D eigenvalue weighted by Gasteiger charge is 2.35. The van der Waals surface area contributed by atoms with E-state index >= 15 is 0 Å². The molecule has 0 radical (unpaired) electrons. The molecule has 1 aliphatic rings. The number of rotatable bonds is 10. The van der Waals surface area contributed by atoms with Crippen LogP contribution in [0, 0.1) is 0 Å². The Balaban J connectivity index is 1.93. The first-order chi connectivity index (χ1) is 20.7. The number of aromatic nitrogens is 3. The minimum Gasteiger partial charge on any atom is -0.478 e. The summed E-state index contributed by atoms with van der Waals surface area (Å²) in [4.78, 5) is 30.9. The number of unbranched alkanes of at least 4 members (excludes halogenated alkanes) is 1. The van der Waals surface area contributed by atoms with Gasteiger partial charge >= 0.3 is 12.2 Å². The fourth-order valence-electron chi connectivity index (χ4n) is 4.84. The summed E-state index contributed by atoms with van der Waals surface area (Å²) < 4.78 is 46.6. The molecule has 0 unspecified atom stereocenters. The van der Waals surface area contributed by atoms with Gasteiger partial charge in [0.1, 0.15) is 22.7 Å². The molecule has 252 valence electrons. The van der Waals surface area contributed by atoms with Gasteiger partial charge in [0.2, 0.25) is 5.88 Å². The number of halogens is 2. The Hall–Kier alpha value is -3.48. The standard InChI is InChI=1S/C32H49F2N5O6/c1-30(2,3)39-26(19-23(37-39)20-12-13-22(40)16-20)38(29(42)45-32(7,8)9)21-17-24(27(33)34)36-25(18-21)43-15-11-10-14-35-28(41)44-31(4,5)6/h17-20,22,27,40H,10-16H2,1-9H3,(H,35,41)/t20-,22+/m0/s1. The van der Waals surface area contributed by atoms with E-state index < -0.39 is 47.2 Å². The Labute approximate surface area is 264 Å². The number of aliphatic hydroxyl groups is 1. The predicted molar refractivity (Wildman–Crippen MR) is 166 cm³/mol. The molecule has 2 aromatic heterocycles. The molecule has 2 amide bonds. The summed E-state index contributed by atoms with van der Waals surface area (Å²) in [5, 5.41) is 17.7. The number of pyridine rings is 1. The van der Waals surface area contributed by atoms with E-state index in [1.165, 1.54) is 11.0 Å². The molecule has 2 heterocycles. The molecule has 3 rings (SSSR count). The van der Waals surface area contributed by atoms with Crippen LogP contribution >= 0.6 is 0 Å². The zero-order valence-corrected chi connectivity index (χ0v) is 27.9. The van der Waals surface area contributed by atoms with Gasteiger partial charge in [-0.25, -0.2) is 32.9 Å². The van der Waals surface area contributed by atoms with Crippen LogP contribution in [-0.2, 0) is 15.0 Å². The largest absolute Gasteiger partial charge is 0.478 e. The normalized spacial score (nSPS) is 17.4. The second-order valence-corrected chi connectivity index (χ2v) is 14.4. The van der Waals surface area contributed by atoms with E-state index in [-0.39, 0.29) is 24.1 Å². The molecular weight excluding hydrogens is 588 g/mol. The van der Waals surface area contributed by atoms with Gasteiger partial charge in [0, 0.05) is 24.6 Å². The number of alkyl carbamates (subject to hydrolysis) is 1. The molecule has 45 heavy (non-hydrogen) atoms. The Bertz CT molecular complexity index is 1310. The van der Waals surface area contributed by atoms with E-state index in [0.29, 0.717) is 43.7 Å². The Morgan fingerprint density at radius 3 is 2.24 bits per heavy atom. The van der Waals surface area contributed by atoms with E-state index in [9.17, 15) is 23.5 Å². The van der Waals surface area contributed by atoms with Crippen molar-refractivity contribution in [3.8, 4) is 5.88 Å². The summed E-state index contributed by atoms with van der Waals surface area (Å²) in [6.45, 7) is 16.7. The van der Waals surface area contributed by atoms with Crippen LogP contribution in [0.1, 0.15) is 118 Å². The van der Waals surface area contributed by atoms with Crippen LogP contribution in [-0.4, -0.2) is 62.5 Å². The molecule has 2 atom stereocenters. The van der Waals surface area contributed by atoms with Gasteiger partial charge in [-0.15, -0.1) is 0 Å². The number of carbonyl (C=O) groups is 2. The third-order valence-corrected chi connectivity index (χ3v) is 6.75. The number of anilines is 2. The smallest absolute Gasteiger partial charge is 0.420 e. The molecule has 0 saturated heterocycles. The van der Waals surface area contributed by atoms with Gasteiger partial charge in [0.25, 0.3) is 6.43 Å². The highest BCUT2D eigenvalue weighted by atomic mass is 19.3. The van der Waals surface area contributed by atoms with Gasteiger partial charge in [-0.2, -0.15) is 5.10 Å². The SMILES string of the molecule is CC(C)(C)OC(=O)NCCCCOc1cc(N(C(=O)OC(C)(C)C)c2cc([C@H]3CC[C@@H](O)C3)nn2C(C)(C)C)cc(C(F)F)n1. The van der Waals surface area contributed by atoms with Gasteiger partial charge in [0.05, 0.1) is 29.6 Å². The van der Waals surface area contributed by atoms with Crippen molar-refractivity contribution in [1.29, 1.82) is 0 Å². The van der Waals surface area contributed by atoms with Crippen LogP contribution in [0.3, 0.4) is 0 Å². The first-order valence-electron chi connectivity index (χ1n) is 15.4. The van der Waals surface area contributed by atoms with Gasteiger partial charge in [-0.05, 0) is 100 Å². The van der Waals surface area contributed by atoms with Crippen molar-refractivity contribution in [1.82, 2.24) is 20.1 Å². The average Bonchev–Trinajstić information content (AvgIpc) is 3.50. The van der Waals surface area contributed by atoms with Crippen molar-refractivity contribution in [2.24, 2.45) is 0 Å². The predicted octanol–water partition coefficient (Wildman–Crippen LogP) is 7.36. The first-order valence-corrected chi connectivity index (χ1v) is 15.4. The molecule has 1 saturated carbocycles. The molecule has 1 fully saturated rings. The van der Waals surface area contributed by atoms with E-state index in [2.05, 4.69) is 10.3 Å². The van der Waals surface area contributed by atoms with Crippen molar-refractivity contribution in [3.63, 3.8) is 0 Å². The number of alkyl halides is 2. The quantitative estimate of drug-likeness (QED) is 0.259. The van der Waals surface area contributed by atoms with Gasteiger partial charge in [-0.1, -0.05) is 0 Å². The van der Waals surface area contributed by atoms with E-state index in [0.717, 1.165) is 12.5 Å². The minimum atomic E-state index is -2.94. The third kappa shape index (κ3) is 10.8. The van der Waals surface area contributed by atoms with Crippen LogP contribution in [0.25, 0.3) is 0 Å². The summed E-state index contributed by atoms with van der Waals surface area (Å²) in [5.74, 6) is 0.233. The van der Waals surface area contributed by atoms with Crippen molar-refractivity contribution in [3.05, 3.63) is 29.6 Å². The van der Waals surface area contributed by atoms with Gasteiger partial charge in [-0.3, -0.25) is 0 Å². The number of ether oxygens (including phenoxy) is 3. The van der Waals surface area contributed by atoms with Gasteiger partial charge < -0.3 is 24.6 Å². The monoisotopic (exact) mass is 637 g/mol. The molecule has 0 aromatic carbocycles. The zero-order chi connectivity index (χ0) is 33.7. The first kappa shape index (κ1) is 36.0. The van der Waals surface area contributed by atoms with Crippen LogP contribution in [0.2, 0.25) is 0 Å². The Kier molecular flexibility index (Phi) is 11.4. The fourth-order valence-corrected chi connectivity index (χ4v) is 4.84. The topological polar surface area (TPSA) is 128 Å². The third-order valence-electron chi connectivity index (χ3n) is 6.75. The summed E-state index contributed by atoms with van der Waals surface area (Å²) >= 11 is 0. The summed E-state index contributed by atoms with van der Waals surface area (Å²) in [6, 6.07) is 4.33. The van der Waals surface area contributed by atoms with E-state index in [4.69, 9.17) is 19.3 Å². The lowest BCUT2D eigenvalue weighted by Gasteiger charge is -2.31. The molecule has 13 heteroatoms. The number of hydrogen-bond donors (Lipinski definition) is 2. The number of carbonyl (C=O) groups excluding carboxylic acids is 2. The fraction of sp³-hybridized carbons (Fsp3) is 0.688. The summed E-state index contributed by atoms with van der Waals surface area (Å²) in [7, 11) is 0. The number of amides is 2. The summed E-state index contributed by atoms with van der Waals surface area (Å²) in [5.41, 5.74) is -1.88. The molecule has 0 bridgehead atoms. The Morgan fingerprint density at radius 1 is 1.02 bits per heavy atom. The number of aliphatic hydroxyl groups excluding tert-OH is 1. The highest BCUT2D eigenvalue weighted by molar-refractivity contribution is 5.95. The molecular formula is C32H49F2N5O6. The van der Waals surface area contributed by atoms with Crippen LogP contribution in [0.15, 0.2) is 18.2 Å².